The van der Waals surface area contributed by atoms with E-state index in [2.05, 4.69) is 15.4 Å². The van der Waals surface area contributed by atoms with Crippen molar-refractivity contribution in [1.29, 1.82) is 0 Å². The normalized spacial score (nSPS) is 11.3. The summed E-state index contributed by atoms with van der Waals surface area (Å²) in [5.74, 6) is -1.75. The molecule has 6 nitrogen and oxygen atoms in total. The fourth-order valence-corrected chi connectivity index (χ4v) is 2.36. The Morgan fingerprint density at radius 2 is 1.48 bits per heavy atom. The van der Waals surface area contributed by atoms with Crippen molar-refractivity contribution in [2.24, 2.45) is 0 Å². The van der Waals surface area contributed by atoms with Gasteiger partial charge in [0.05, 0.1) is 13.1 Å². The Morgan fingerprint density at radius 3 is 2.00 bits per heavy atom. The third kappa shape index (κ3) is 7.78. The van der Waals surface area contributed by atoms with E-state index in [1.54, 1.807) is 13.0 Å². The first-order valence-electron chi connectivity index (χ1n) is 8.42. The third-order valence-corrected chi connectivity index (χ3v) is 3.65. The zero-order chi connectivity index (χ0) is 21.6. The number of halogens is 4. The smallest absolute Gasteiger partial charge is 0.406 e. The summed E-state index contributed by atoms with van der Waals surface area (Å²) < 4.78 is 53.6. The molecule has 0 bridgehead atoms. The number of nitrogens with one attached hydrogen (secondary N) is 2. The second-order valence-electron chi connectivity index (χ2n) is 6.30. The van der Waals surface area contributed by atoms with Crippen LogP contribution in [0.15, 0.2) is 42.5 Å². The number of benzene rings is 2. The molecule has 0 aliphatic carbocycles. The third-order valence-electron chi connectivity index (χ3n) is 3.65. The fourth-order valence-electron chi connectivity index (χ4n) is 2.36. The van der Waals surface area contributed by atoms with Crippen LogP contribution in [0.4, 0.5) is 28.9 Å². The number of carbonyl (C=O) groups excluding carboxylic acids is 2. The number of nitrogens with zero attached hydrogens (tertiary/aromatic N) is 1. The minimum atomic E-state index is -4.79. The van der Waals surface area contributed by atoms with Crippen LogP contribution >= 0.6 is 0 Å². The number of alkyl halides is 3. The molecule has 0 aliphatic rings. The summed E-state index contributed by atoms with van der Waals surface area (Å²) in [4.78, 5) is 25.4. The lowest BCUT2D eigenvalue weighted by atomic mass is 10.2. The topological polar surface area (TPSA) is 70.7 Å². The van der Waals surface area contributed by atoms with Crippen molar-refractivity contribution in [3.05, 3.63) is 53.8 Å². The van der Waals surface area contributed by atoms with E-state index in [0.717, 1.165) is 12.1 Å². The summed E-state index contributed by atoms with van der Waals surface area (Å²) in [6, 6.07) is 8.96. The molecule has 0 atom stereocenters. The van der Waals surface area contributed by atoms with Gasteiger partial charge in [0.2, 0.25) is 11.8 Å². The van der Waals surface area contributed by atoms with Crippen LogP contribution in [0, 0.1) is 12.7 Å². The van der Waals surface area contributed by atoms with Gasteiger partial charge in [-0.25, -0.2) is 4.39 Å². The molecule has 29 heavy (non-hydrogen) atoms. The van der Waals surface area contributed by atoms with E-state index in [-0.39, 0.29) is 18.8 Å². The Balaban J connectivity index is 1.80. The first-order chi connectivity index (χ1) is 13.5. The standard InChI is InChI=1S/C19H19F4N3O3/c1-12-3-4-14(9-16(12)20)25-18(28)11-26(2)10-17(27)24-13-5-7-15(8-6-13)29-19(21,22)23/h3-9H,10-11H2,1-2H3,(H,24,27)(H,25,28). The maximum atomic E-state index is 13.5. The van der Waals surface area contributed by atoms with E-state index < -0.39 is 29.7 Å². The molecule has 0 aliphatic heterocycles. The molecule has 2 aromatic rings. The maximum Gasteiger partial charge on any atom is 0.573 e. The number of aryl methyl sites for hydroxylation is 1. The van der Waals surface area contributed by atoms with E-state index in [4.69, 9.17) is 0 Å². The van der Waals surface area contributed by atoms with Crippen molar-refractivity contribution < 1.29 is 31.9 Å². The lowest BCUT2D eigenvalue weighted by Gasteiger charge is -2.16. The summed E-state index contributed by atoms with van der Waals surface area (Å²) in [7, 11) is 1.54. The van der Waals surface area contributed by atoms with Crippen LogP contribution < -0.4 is 15.4 Å². The molecule has 0 unspecified atom stereocenters. The summed E-state index contributed by atoms with van der Waals surface area (Å²) in [6.07, 6.45) is -4.79. The number of anilines is 2. The van der Waals surface area contributed by atoms with Crippen LogP contribution in [0.25, 0.3) is 0 Å². The molecule has 2 amide bonds. The Hall–Kier alpha value is -3.14. The number of hydrogen-bond donors (Lipinski definition) is 2. The van der Waals surface area contributed by atoms with Crippen molar-refractivity contribution in [3.8, 4) is 5.75 Å². The molecule has 156 valence electrons. The lowest BCUT2D eigenvalue weighted by molar-refractivity contribution is -0.274. The summed E-state index contributed by atoms with van der Waals surface area (Å²) in [5, 5.41) is 5.03. The van der Waals surface area contributed by atoms with Gasteiger partial charge in [-0.1, -0.05) is 6.07 Å². The predicted molar refractivity (Wildman–Crippen MR) is 99.0 cm³/mol. The zero-order valence-corrected chi connectivity index (χ0v) is 15.6. The van der Waals surface area contributed by atoms with Gasteiger partial charge in [-0.3, -0.25) is 14.5 Å². The van der Waals surface area contributed by atoms with Gasteiger partial charge in [0.25, 0.3) is 0 Å². The highest BCUT2D eigenvalue weighted by Crippen LogP contribution is 2.23. The second kappa shape index (κ2) is 9.37. The van der Waals surface area contributed by atoms with Gasteiger partial charge < -0.3 is 15.4 Å². The highest BCUT2D eigenvalue weighted by Gasteiger charge is 2.30. The molecule has 0 fully saturated rings. The molecule has 2 N–H and O–H groups in total. The number of carbonyl (C=O) groups is 2. The van der Waals surface area contributed by atoms with Crippen LogP contribution in [-0.2, 0) is 9.59 Å². The molecule has 0 radical (unpaired) electrons. The molecule has 0 saturated carbocycles. The van der Waals surface area contributed by atoms with Crippen molar-refractivity contribution in [3.63, 3.8) is 0 Å². The highest BCUT2D eigenvalue weighted by molar-refractivity contribution is 5.94. The Labute approximate surface area is 164 Å². The highest BCUT2D eigenvalue weighted by atomic mass is 19.4. The van der Waals surface area contributed by atoms with Crippen LogP contribution in [0.1, 0.15) is 5.56 Å². The Kier molecular flexibility index (Phi) is 7.16. The molecule has 0 spiro atoms. The van der Waals surface area contributed by atoms with Gasteiger partial charge in [0.15, 0.2) is 0 Å². The van der Waals surface area contributed by atoms with Gasteiger partial charge >= 0.3 is 6.36 Å². The second-order valence-corrected chi connectivity index (χ2v) is 6.30. The average Bonchev–Trinajstić information content (AvgIpc) is 2.58. The first-order valence-corrected chi connectivity index (χ1v) is 8.42. The first kappa shape index (κ1) is 22.2. The van der Waals surface area contributed by atoms with Gasteiger partial charge in [-0.15, -0.1) is 13.2 Å². The summed E-state index contributed by atoms with van der Waals surface area (Å²) >= 11 is 0. The minimum Gasteiger partial charge on any atom is -0.406 e. The average molecular weight is 413 g/mol. The van der Waals surface area contributed by atoms with E-state index in [0.29, 0.717) is 11.3 Å². The number of likely N-dealkylation sites (N-methyl/N-ethyl adjacent to an activating group) is 1. The minimum absolute atomic E-state index is 0.124. The number of rotatable bonds is 7. The number of amides is 2. The molecular formula is C19H19F4N3O3. The van der Waals surface area contributed by atoms with E-state index in [1.165, 1.54) is 36.2 Å². The zero-order valence-electron chi connectivity index (χ0n) is 15.6. The Bertz CT molecular complexity index is 870. The van der Waals surface area contributed by atoms with Crippen molar-refractivity contribution in [1.82, 2.24) is 4.90 Å². The van der Waals surface area contributed by atoms with Crippen molar-refractivity contribution in [2.75, 3.05) is 30.8 Å². The van der Waals surface area contributed by atoms with Gasteiger partial charge in [0, 0.05) is 11.4 Å². The van der Waals surface area contributed by atoms with Crippen molar-refractivity contribution in [2.45, 2.75) is 13.3 Å². The fraction of sp³-hybridized carbons (Fsp3) is 0.263. The van der Waals surface area contributed by atoms with Crippen molar-refractivity contribution >= 4 is 23.2 Å². The van der Waals surface area contributed by atoms with Crippen LogP contribution in [-0.4, -0.2) is 43.2 Å². The van der Waals surface area contributed by atoms with E-state index in [1.807, 2.05) is 0 Å². The number of ether oxygens (including phenoxy) is 1. The quantitative estimate of drug-likeness (QED) is 0.682. The molecular weight excluding hydrogens is 394 g/mol. The van der Waals surface area contributed by atoms with E-state index in [9.17, 15) is 27.2 Å². The lowest BCUT2D eigenvalue weighted by Crippen LogP contribution is -2.36. The molecule has 0 heterocycles. The van der Waals surface area contributed by atoms with Crippen LogP contribution in [0.5, 0.6) is 5.75 Å². The SMILES string of the molecule is Cc1ccc(NC(=O)CN(C)CC(=O)Nc2ccc(OC(F)(F)F)cc2)cc1F. The molecule has 0 aromatic heterocycles. The predicted octanol–water partition coefficient (Wildman–Crippen LogP) is 3.54. The Morgan fingerprint density at radius 1 is 0.966 bits per heavy atom. The largest absolute Gasteiger partial charge is 0.573 e. The van der Waals surface area contributed by atoms with E-state index >= 15 is 0 Å². The molecule has 0 saturated heterocycles. The van der Waals surface area contributed by atoms with Crippen LogP contribution in [0.3, 0.4) is 0 Å². The monoisotopic (exact) mass is 413 g/mol. The maximum absolute atomic E-state index is 13.5. The van der Waals surface area contributed by atoms with Gasteiger partial charge in [0.1, 0.15) is 11.6 Å². The van der Waals surface area contributed by atoms with Gasteiger partial charge in [-0.2, -0.15) is 0 Å². The summed E-state index contributed by atoms with van der Waals surface area (Å²) in [6.45, 7) is 1.34. The molecule has 2 aromatic carbocycles. The molecule has 2 rings (SSSR count). The number of hydrogen-bond acceptors (Lipinski definition) is 4. The van der Waals surface area contributed by atoms with Gasteiger partial charge in [-0.05, 0) is 55.9 Å². The van der Waals surface area contributed by atoms with Crippen LogP contribution in [0.2, 0.25) is 0 Å². The molecule has 10 heteroatoms. The summed E-state index contributed by atoms with van der Waals surface area (Å²) in [5.41, 5.74) is 1.03.